The lowest BCUT2D eigenvalue weighted by molar-refractivity contribution is 0.00578. The predicted octanol–water partition coefficient (Wildman–Crippen LogP) is 4.13. The first kappa shape index (κ1) is 14.8. The van der Waals surface area contributed by atoms with Gasteiger partial charge >= 0.3 is 7.12 Å². The van der Waals surface area contributed by atoms with Gasteiger partial charge in [0.15, 0.2) is 0 Å². The molecule has 3 rings (SSSR count). The van der Waals surface area contributed by atoms with E-state index in [0.29, 0.717) is 0 Å². The van der Waals surface area contributed by atoms with Crippen molar-refractivity contribution in [2.75, 3.05) is 0 Å². The van der Waals surface area contributed by atoms with Crippen LogP contribution in [-0.2, 0) is 14.7 Å². The minimum Gasteiger partial charge on any atom is -0.400 e. The Hall–Kier alpha value is -1.13. The fraction of sp³-hybridized carbons (Fsp3) is 0.529. The summed E-state index contributed by atoms with van der Waals surface area (Å²) in [4.78, 5) is 0. The van der Waals surface area contributed by atoms with Crippen molar-refractivity contribution in [3.63, 3.8) is 0 Å². The van der Waals surface area contributed by atoms with E-state index < -0.39 is 0 Å². The van der Waals surface area contributed by atoms with E-state index in [9.17, 15) is 4.39 Å². The molecule has 0 radical (unpaired) electrons. The molecule has 0 saturated carbocycles. The van der Waals surface area contributed by atoms with Gasteiger partial charge in [-0.1, -0.05) is 26.0 Å². The van der Waals surface area contributed by atoms with Crippen molar-refractivity contribution in [1.29, 1.82) is 0 Å². The zero-order valence-electron chi connectivity index (χ0n) is 13.6. The van der Waals surface area contributed by atoms with Crippen molar-refractivity contribution in [1.82, 2.24) is 0 Å². The van der Waals surface area contributed by atoms with E-state index in [1.807, 2.05) is 39.8 Å². The average Bonchev–Trinajstić information content (AvgIpc) is 2.70. The highest BCUT2D eigenvalue weighted by Gasteiger charge is 2.55. The molecule has 1 saturated heterocycles. The normalized spacial score (nSPS) is 24.9. The summed E-state index contributed by atoms with van der Waals surface area (Å²) >= 11 is 0. The summed E-state index contributed by atoms with van der Waals surface area (Å²) in [5, 5.41) is 0. The van der Waals surface area contributed by atoms with E-state index in [2.05, 4.69) is 13.8 Å². The first-order valence-electron chi connectivity index (χ1n) is 7.42. The highest BCUT2D eigenvalue weighted by Crippen LogP contribution is 2.47. The van der Waals surface area contributed by atoms with Crippen molar-refractivity contribution >= 4 is 13.2 Å². The van der Waals surface area contributed by atoms with Gasteiger partial charge in [0.2, 0.25) is 0 Å². The third-order valence-corrected chi connectivity index (χ3v) is 5.23. The Labute approximate surface area is 126 Å². The van der Waals surface area contributed by atoms with Crippen molar-refractivity contribution in [2.24, 2.45) is 0 Å². The van der Waals surface area contributed by atoms with Crippen molar-refractivity contribution in [3.8, 4) is 0 Å². The summed E-state index contributed by atoms with van der Waals surface area (Å²) in [6.07, 6.45) is 2.01. The molecule has 0 bridgehead atoms. The molecule has 0 N–H and O–H groups in total. The van der Waals surface area contributed by atoms with Gasteiger partial charge in [0.05, 0.1) is 11.2 Å². The predicted molar refractivity (Wildman–Crippen MR) is 83.5 cm³/mol. The second-order valence-corrected chi connectivity index (χ2v) is 7.54. The summed E-state index contributed by atoms with van der Waals surface area (Å²) in [6, 6.07) is 4.95. The summed E-state index contributed by atoms with van der Waals surface area (Å²) in [6.45, 7) is 12.4. The molecular weight excluding hydrogens is 266 g/mol. The van der Waals surface area contributed by atoms with Crippen LogP contribution in [0.5, 0.6) is 0 Å². The van der Waals surface area contributed by atoms with Gasteiger partial charge in [-0.25, -0.2) is 4.39 Å². The molecule has 112 valence electrons. The standard InChI is InChI=1S/C17H22BFO2/c1-15(2)13-8-7-12(19)9-11(13)10-14(15)18-20-16(3,4)17(5,6)21-18/h7-10H,1-6H3. The Morgan fingerprint density at radius 2 is 1.52 bits per heavy atom. The molecule has 0 spiro atoms. The molecular formula is C17H22BFO2. The van der Waals surface area contributed by atoms with Crippen molar-refractivity contribution in [3.05, 3.63) is 40.6 Å². The Bertz CT molecular complexity index is 616. The van der Waals surface area contributed by atoms with Gasteiger partial charge < -0.3 is 9.31 Å². The van der Waals surface area contributed by atoms with Gasteiger partial charge in [-0.05, 0) is 56.4 Å². The summed E-state index contributed by atoms with van der Waals surface area (Å²) < 4.78 is 25.8. The molecule has 0 atom stereocenters. The minimum atomic E-state index is -0.388. The van der Waals surface area contributed by atoms with Crippen LogP contribution in [0.25, 0.3) is 6.08 Å². The summed E-state index contributed by atoms with van der Waals surface area (Å²) in [5.74, 6) is -0.212. The Morgan fingerprint density at radius 1 is 0.952 bits per heavy atom. The third kappa shape index (κ3) is 2.08. The largest absolute Gasteiger partial charge is 0.491 e. The van der Waals surface area contributed by atoms with Crippen LogP contribution in [0.4, 0.5) is 4.39 Å². The molecule has 4 heteroatoms. The highest BCUT2D eigenvalue weighted by atomic mass is 19.1. The second-order valence-electron chi connectivity index (χ2n) is 7.54. The number of hydrogen-bond acceptors (Lipinski definition) is 2. The summed E-state index contributed by atoms with van der Waals surface area (Å²) in [7, 11) is -0.388. The first-order chi connectivity index (χ1) is 9.54. The van der Waals surface area contributed by atoms with Crippen LogP contribution in [0, 0.1) is 5.82 Å². The maximum Gasteiger partial charge on any atom is 0.491 e. The molecule has 2 aliphatic rings. The number of benzene rings is 1. The Kier molecular flexibility index (Phi) is 2.96. The van der Waals surface area contributed by atoms with Crippen LogP contribution >= 0.6 is 0 Å². The topological polar surface area (TPSA) is 18.5 Å². The van der Waals surface area contributed by atoms with Crippen LogP contribution in [-0.4, -0.2) is 18.3 Å². The van der Waals surface area contributed by atoms with Crippen molar-refractivity contribution < 1.29 is 13.7 Å². The molecule has 21 heavy (non-hydrogen) atoms. The minimum absolute atomic E-state index is 0.212. The van der Waals surface area contributed by atoms with E-state index in [0.717, 1.165) is 16.6 Å². The van der Waals surface area contributed by atoms with Gasteiger partial charge in [-0.15, -0.1) is 0 Å². The molecule has 2 nitrogen and oxygen atoms in total. The van der Waals surface area contributed by atoms with Gasteiger partial charge in [0.1, 0.15) is 5.82 Å². The molecule has 1 aromatic rings. The molecule has 0 aromatic heterocycles. The zero-order chi connectivity index (χ0) is 15.6. The lowest BCUT2D eigenvalue weighted by atomic mass is 9.64. The SMILES string of the molecule is CC1(C)C(B2OC(C)(C)C(C)(C)O2)=Cc2cc(F)ccc21. The average molecular weight is 288 g/mol. The van der Waals surface area contributed by atoms with E-state index in [-0.39, 0.29) is 29.6 Å². The number of allylic oxidation sites excluding steroid dienone is 1. The Balaban J connectivity index is 2.01. The van der Waals surface area contributed by atoms with E-state index in [1.54, 1.807) is 6.07 Å². The van der Waals surface area contributed by atoms with Gasteiger partial charge in [-0.2, -0.15) is 0 Å². The van der Waals surface area contributed by atoms with E-state index in [4.69, 9.17) is 9.31 Å². The fourth-order valence-corrected chi connectivity index (χ4v) is 3.06. The molecule has 1 heterocycles. The lowest BCUT2D eigenvalue weighted by Crippen LogP contribution is -2.41. The maximum absolute atomic E-state index is 13.5. The van der Waals surface area contributed by atoms with Crippen LogP contribution in [0.1, 0.15) is 52.7 Å². The quantitative estimate of drug-likeness (QED) is 0.723. The van der Waals surface area contributed by atoms with E-state index >= 15 is 0 Å². The monoisotopic (exact) mass is 288 g/mol. The van der Waals surface area contributed by atoms with Gasteiger partial charge in [0, 0.05) is 5.41 Å². The maximum atomic E-state index is 13.5. The third-order valence-electron chi connectivity index (χ3n) is 5.23. The van der Waals surface area contributed by atoms with Gasteiger partial charge in [0.25, 0.3) is 0 Å². The first-order valence-corrected chi connectivity index (χ1v) is 7.42. The molecule has 1 aromatic carbocycles. The molecule has 1 fully saturated rings. The van der Waals surface area contributed by atoms with Gasteiger partial charge in [-0.3, -0.25) is 0 Å². The molecule has 1 aliphatic carbocycles. The molecule has 0 amide bonds. The van der Waals surface area contributed by atoms with Crippen LogP contribution in [0.2, 0.25) is 0 Å². The van der Waals surface area contributed by atoms with Crippen molar-refractivity contribution in [2.45, 2.75) is 58.2 Å². The number of halogens is 1. The zero-order valence-corrected chi connectivity index (χ0v) is 13.6. The van der Waals surface area contributed by atoms with E-state index in [1.165, 1.54) is 6.07 Å². The Morgan fingerprint density at radius 3 is 2.10 bits per heavy atom. The smallest absolute Gasteiger partial charge is 0.400 e. The molecule has 0 unspecified atom stereocenters. The van der Waals surface area contributed by atoms with Crippen LogP contribution < -0.4 is 0 Å². The lowest BCUT2D eigenvalue weighted by Gasteiger charge is -2.32. The van der Waals surface area contributed by atoms with Crippen LogP contribution in [0.3, 0.4) is 0 Å². The number of rotatable bonds is 1. The number of fused-ring (bicyclic) bond motifs is 1. The van der Waals surface area contributed by atoms with Crippen LogP contribution in [0.15, 0.2) is 23.7 Å². The highest BCUT2D eigenvalue weighted by molar-refractivity contribution is 6.56. The summed E-state index contributed by atoms with van der Waals surface area (Å²) in [5.41, 5.74) is 2.15. The fourth-order valence-electron chi connectivity index (χ4n) is 3.06. The number of hydrogen-bond donors (Lipinski definition) is 0. The second kappa shape index (κ2) is 4.20. The molecule has 1 aliphatic heterocycles.